The van der Waals surface area contributed by atoms with Crippen molar-refractivity contribution in [3.63, 3.8) is 0 Å². The SMILES string of the molecule is CN(C)c1ccc(CC(CN)CO)cc1. The van der Waals surface area contributed by atoms with Gasteiger partial charge in [-0.05, 0) is 36.6 Å². The van der Waals surface area contributed by atoms with Gasteiger partial charge in [-0.25, -0.2) is 0 Å². The Labute approximate surface area is 91.5 Å². The Morgan fingerprint density at radius 3 is 2.27 bits per heavy atom. The van der Waals surface area contributed by atoms with Crippen molar-refractivity contribution in [2.75, 3.05) is 32.1 Å². The number of hydrogen-bond donors (Lipinski definition) is 2. The summed E-state index contributed by atoms with van der Waals surface area (Å²) in [6, 6.07) is 8.35. The molecule has 0 saturated heterocycles. The second-order valence-electron chi connectivity index (χ2n) is 4.05. The molecule has 0 bridgehead atoms. The highest BCUT2D eigenvalue weighted by molar-refractivity contribution is 5.46. The molecule has 0 aliphatic heterocycles. The normalized spacial score (nSPS) is 12.5. The minimum Gasteiger partial charge on any atom is -0.396 e. The molecule has 0 aliphatic carbocycles. The van der Waals surface area contributed by atoms with Crippen LogP contribution in [0.5, 0.6) is 0 Å². The number of nitrogens with two attached hydrogens (primary N) is 1. The minimum atomic E-state index is 0.159. The van der Waals surface area contributed by atoms with Gasteiger partial charge in [0.2, 0.25) is 0 Å². The first kappa shape index (κ1) is 12.0. The lowest BCUT2D eigenvalue weighted by Crippen LogP contribution is -2.20. The molecule has 3 heteroatoms. The fourth-order valence-corrected chi connectivity index (χ4v) is 1.49. The molecule has 0 fully saturated rings. The summed E-state index contributed by atoms with van der Waals surface area (Å²) in [7, 11) is 4.04. The van der Waals surface area contributed by atoms with Crippen LogP contribution in [0, 0.1) is 5.92 Å². The first-order chi connectivity index (χ1) is 7.17. The zero-order chi connectivity index (χ0) is 11.3. The van der Waals surface area contributed by atoms with Crippen LogP contribution < -0.4 is 10.6 Å². The van der Waals surface area contributed by atoms with Gasteiger partial charge in [-0.15, -0.1) is 0 Å². The van der Waals surface area contributed by atoms with Crippen molar-refractivity contribution in [1.82, 2.24) is 0 Å². The maximum atomic E-state index is 9.04. The molecular weight excluding hydrogens is 188 g/mol. The number of aliphatic hydroxyl groups is 1. The molecule has 0 radical (unpaired) electrons. The summed E-state index contributed by atoms with van der Waals surface area (Å²) in [6.07, 6.45) is 0.848. The smallest absolute Gasteiger partial charge is 0.0474 e. The Hall–Kier alpha value is -1.06. The topological polar surface area (TPSA) is 49.5 Å². The lowest BCUT2D eigenvalue weighted by atomic mass is 10.00. The molecule has 0 saturated carbocycles. The van der Waals surface area contributed by atoms with E-state index in [1.54, 1.807) is 0 Å². The van der Waals surface area contributed by atoms with Gasteiger partial charge < -0.3 is 15.7 Å². The molecule has 1 aromatic carbocycles. The highest BCUT2D eigenvalue weighted by atomic mass is 16.3. The van der Waals surface area contributed by atoms with E-state index in [4.69, 9.17) is 10.8 Å². The van der Waals surface area contributed by atoms with E-state index in [2.05, 4.69) is 29.2 Å². The summed E-state index contributed by atoms with van der Waals surface area (Å²) in [5.41, 5.74) is 7.96. The fraction of sp³-hybridized carbons (Fsp3) is 0.500. The first-order valence-corrected chi connectivity index (χ1v) is 5.24. The molecule has 1 unspecified atom stereocenters. The molecule has 1 atom stereocenters. The maximum Gasteiger partial charge on any atom is 0.0474 e. The van der Waals surface area contributed by atoms with Crippen LogP contribution in [0.3, 0.4) is 0 Å². The average Bonchev–Trinajstić information content (AvgIpc) is 2.26. The minimum absolute atomic E-state index is 0.159. The molecule has 84 valence electrons. The third kappa shape index (κ3) is 3.53. The van der Waals surface area contributed by atoms with Crippen molar-refractivity contribution in [3.8, 4) is 0 Å². The molecule has 15 heavy (non-hydrogen) atoms. The van der Waals surface area contributed by atoms with Gasteiger partial charge in [0.1, 0.15) is 0 Å². The van der Waals surface area contributed by atoms with E-state index in [0.717, 1.165) is 6.42 Å². The predicted octanol–water partition coefficient (Wildman–Crippen LogP) is 0.862. The zero-order valence-electron chi connectivity index (χ0n) is 9.48. The quantitative estimate of drug-likeness (QED) is 0.754. The Morgan fingerprint density at radius 1 is 1.27 bits per heavy atom. The summed E-state index contributed by atoms with van der Waals surface area (Å²) in [5, 5.41) is 9.04. The zero-order valence-corrected chi connectivity index (χ0v) is 9.48. The van der Waals surface area contributed by atoms with Gasteiger partial charge in [-0.1, -0.05) is 12.1 Å². The van der Waals surface area contributed by atoms with Gasteiger partial charge in [0, 0.05) is 26.4 Å². The molecule has 0 aliphatic rings. The monoisotopic (exact) mass is 208 g/mol. The Morgan fingerprint density at radius 2 is 1.87 bits per heavy atom. The fourth-order valence-electron chi connectivity index (χ4n) is 1.49. The second-order valence-corrected chi connectivity index (χ2v) is 4.05. The van der Waals surface area contributed by atoms with Crippen LogP contribution in [-0.2, 0) is 6.42 Å². The number of hydrogen-bond acceptors (Lipinski definition) is 3. The van der Waals surface area contributed by atoms with Crippen LogP contribution in [0.1, 0.15) is 5.56 Å². The largest absolute Gasteiger partial charge is 0.396 e. The Balaban J connectivity index is 2.63. The van der Waals surface area contributed by atoms with Crippen LogP contribution >= 0.6 is 0 Å². The highest BCUT2D eigenvalue weighted by Crippen LogP contribution is 2.14. The number of anilines is 1. The van der Waals surface area contributed by atoms with E-state index in [-0.39, 0.29) is 12.5 Å². The Bertz CT molecular complexity index is 278. The lowest BCUT2D eigenvalue weighted by Gasteiger charge is -2.14. The number of benzene rings is 1. The van der Waals surface area contributed by atoms with E-state index in [1.165, 1.54) is 11.3 Å². The third-order valence-electron chi connectivity index (χ3n) is 2.57. The van der Waals surface area contributed by atoms with E-state index in [1.807, 2.05) is 14.1 Å². The molecule has 3 N–H and O–H groups in total. The predicted molar refractivity (Wildman–Crippen MR) is 64.1 cm³/mol. The molecule has 1 rings (SSSR count). The first-order valence-electron chi connectivity index (χ1n) is 5.24. The summed E-state index contributed by atoms with van der Waals surface area (Å²) in [4.78, 5) is 2.07. The van der Waals surface area contributed by atoms with Crippen LogP contribution in [-0.4, -0.2) is 32.4 Å². The van der Waals surface area contributed by atoms with Gasteiger partial charge in [-0.3, -0.25) is 0 Å². The van der Waals surface area contributed by atoms with Crippen molar-refractivity contribution in [1.29, 1.82) is 0 Å². The Kier molecular flexibility index (Phi) is 4.59. The van der Waals surface area contributed by atoms with Crippen LogP contribution in [0.15, 0.2) is 24.3 Å². The molecule has 0 spiro atoms. The molecule has 0 aromatic heterocycles. The standard InChI is InChI=1S/C12H20N2O/c1-14(2)12-5-3-10(4-6-12)7-11(8-13)9-15/h3-6,11,15H,7-9,13H2,1-2H3. The molecular formula is C12H20N2O. The molecule has 1 aromatic rings. The highest BCUT2D eigenvalue weighted by Gasteiger charge is 2.06. The molecule has 3 nitrogen and oxygen atoms in total. The number of rotatable bonds is 5. The number of aliphatic hydroxyl groups excluding tert-OH is 1. The molecule has 0 amide bonds. The van der Waals surface area contributed by atoms with Crippen molar-refractivity contribution >= 4 is 5.69 Å². The van der Waals surface area contributed by atoms with E-state index < -0.39 is 0 Å². The van der Waals surface area contributed by atoms with Gasteiger partial charge in [-0.2, -0.15) is 0 Å². The van der Waals surface area contributed by atoms with Gasteiger partial charge in [0.25, 0.3) is 0 Å². The summed E-state index contributed by atoms with van der Waals surface area (Å²) >= 11 is 0. The lowest BCUT2D eigenvalue weighted by molar-refractivity contribution is 0.230. The van der Waals surface area contributed by atoms with E-state index in [0.29, 0.717) is 6.54 Å². The van der Waals surface area contributed by atoms with Gasteiger partial charge in [0.15, 0.2) is 0 Å². The summed E-state index contributed by atoms with van der Waals surface area (Å²) in [6.45, 7) is 0.692. The molecule has 0 heterocycles. The third-order valence-corrected chi connectivity index (χ3v) is 2.57. The van der Waals surface area contributed by atoms with E-state index >= 15 is 0 Å². The van der Waals surface area contributed by atoms with Gasteiger partial charge in [0.05, 0.1) is 0 Å². The maximum absolute atomic E-state index is 9.04. The van der Waals surface area contributed by atoms with Crippen LogP contribution in [0.25, 0.3) is 0 Å². The van der Waals surface area contributed by atoms with E-state index in [9.17, 15) is 0 Å². The summed E-state index contributed by atoms with van der Waals surface area (Å²) in [5.74, 6) is 0.176. The van der Waals surface area contributed by atoms with Crippen molar-refractivity contribution in [2.45, 2.75) is 6.42 Å². The van der Waals surface area contributed by atoms with Crippen LogP contribution in [0.2, 0.25) is 0 Å². The number of nitrogens with zero attached hydrogens (tertiary/aromatic N) is 1. The van der Waals surface area contributed by atoms with Crippen molar-refractivity contribution in [2.24, 2.45) is 11.7 Å². The average molecular weight is 208 g/mol. The summed E-state index contributed by atoms with van der Waals surface area (Å²) < 4.78 is 0. The van der Waals surface area contributed by atoms with Crippen molar-refractivity contribution < 1.29 is 5.11 Å². The van der Waals surface area contributed by atoms with Crippen molar-refractivity contribution in [3.05, 3.63) is 29.8 Å². The second kappa shape index (κ2) is 5.73. The van der Waals surface area contributed by atoms with Crippen LogP contribution in [0.4, 0.5) is 5.69 Å². The van der Waals surface area contributed by atoms with Gasteiger partial charge >= 0.3 is 0 Å².